The van der Waals surface area contributed by atoms with E-state index in [9.17, 15) is 0 Å². The molecule has 0 bridgehead atoms. The molecule has 3 heteroatoms. The normalized spacial score (nSPS) is 12.5. The first-order valence-corrected chi connectivity index (χ1v) is 7.07. The number of thioether (sulfide) groups is 1. The van der Waals surface area contributed by atoms with Gasteiger partial charge in [-0.3, -0.25) is 0 Å². The molecule has 0 saturated heterocycles. The van der Waals surface area contributed by atoms with Gasteiger partial charge < -0.3 is 10.6 Å². The van der Waals surface area contributed by atoms with E-state index < -0.39 is 0 Å². The largest absolute Gasteiger partial charge is 0.397 e. The number of benzene rings is 1. The molecule has 1 rings (SSSR count). The van der Waals surface area contributed by atoms with Crippen LogP contribution in [-0.2, 0) is 0 Å². The molecule has 2 nitrogen and oxygen atoms in total. The molecule has 0 heterocycles. The Labute approximate surface area is 103 Å². The van der Waals surface area contributed by atoms with Crippen LogP contribution in [0.4, 0.5) is 11.4 Å². The third-order valence-electron chi connectivity index (χ3n) is 2.94. The van der Waals surface area contributed by atoms with E-state index in [1.165, 1.54) is 5.56 Å². The van der Waals surface area contributed by atoms with Crippen LogP contribution >= 0.6 is 11.8 Å². The van der Waals surface area contributed by atoms with E-state index in [4.69, 9.17) is 5.73 Å². The van der Waals surface area contributed by atoms with Crippen molar-refractivity contribution in [1.82, 2.24) is 0 Å². The molecule has 0 saturated carbocycles. The Kier molecular flexibility index (Phi) is 5.00. The molecule has 16 heavy (non-hydrogen) atoms. The lowest BCUT2D eigenvalue weighted by Crippen LogP contribution is -2.33. The second-order valence-electron chi connectivity index (χ2n) is 4.19. The highest BCUT2D eigenvalue weighted by molar-refractivity contribution is 7.98. The minimum Gasteiger partial charge on any atom is -0.397 e. The van der Waals surface area contributed by atoms with Gasteiger partial charge in [0, 0.05) is 18.8 Å². The summed E-state index contributed by atoms with van der Waals surface area (Å²) in [5, 5.41) is 0. The monoisotopic (exact) mass is 238 g/mol. The van der Waals surface area contributed by atoms with Crippen molar-refractivity contribution in [2.24, 2.45) is 0 Å². The quantitative estimate of drug-likeness (QED) is 0.799. The predicted octanol–water partition coefficient (Wildman–Crippen LogP) is 3.16. The van der Waals surface area contributed by atoms with Gasteiger partial charge in [0.2, 0.25) is 0 Å². The smallest absolute Gasteiger partial charge is 0.0602 e. The van der Waals surface area contributed by atoms with E-state index in [0.717, 1.165) is 23.5 Å². The second-order valence-corrected chi connectivity index (χ2v) is 5.10. The van der Waals surface area contributed by atoms with E-state index in [1.807, 2.05) is 17.8 Å². The lowest BCUT2D eigenvalue weighted by atomic mass is 10.1. The maximum Gasteiger partial charge on any atom is 0.0602 e. The molecule has 1 unspecified atom stereocenters. The average Bonchev–Trinajstić information content (AvgIpc) is 2.28. The van der Waals surface area contributed by atoms with E-state index in [1.54, 1.807) is 0 Å². The average molecular weight is 238 g/mol. The Morgan fingerprint density at radius 1 is 1.44 bits per heavy atom. The summed E-state index contributed by atoms with van der Waals surface area (Å²) in [6.07, 6.45) is 3.29. The predicted molar refractivity (Wildman–Crippen MR) is 76.5 cm³/mol. The third-order valence-corrected chi connectivity index (χ3v) is 3.66. The van der Waals surface area contributed by atoms with Crippen LogP contribution in [0.15, 0.2) is 18.2 Å². The summed E-state index contributed by atoms with van der Waals surface area (Å²) >= 11 is 1.88. The molecule has 0 aliphatic rings. The van der Waals surface area contributed by atoms with Crippen molar-refractivity contribution in [3.63, 3.8) is 0 Å². The van der Waals surface area contributed by atoms with Crippen molar-refractivity contribution in [1.29, 1.82) is 0 Å². The van der Waals surface area contributed by atoms with E-state index >= 15 is 0 Å². The highest BCUT2D eigenvalue weighted by Gasteiger charge is 2.14. The van der Waals surface area contributed by atoms with Crippen molar-refractivity contribution in [2.75, 3.05) is 29.7 Å². The van der Waals surface area contributed by atoms with Crippen LogP contribution in [0.3, 0.4) is 0 Å². The zero-order valence-electron chi connectivity index (χ0n) is 10.7. The molecule has 0 spiro atoms. The van der Waals surface area contributed by atoms with Gasteiger partial charge in [-0.2, -0.15) is 11.8 Å². The highest BCUT2D eigenvalue weighted by atomic mass is 32.2. The molecule has 1 aromatic carbocycles. The topological polar surface area (TPSA) is 29.3 Å². The summed E-state index contributed by atoms with van der Waals surface area (Å²) in [6.45, 7) is 4.33. The van der Waals surface area contributed by atoms with Crippen LogP contribution in [0.5, 0.6) is 0 Å². The van der Waals surface area contributed by atoms with Crippen molar-refractivity contribution in [2.45, 2.75) is 26.3 Å². The Morgan fingerprint density at radius 3 is 2.69 bits per heavy atom. The summed E-state index contributed by atoms with van der Waals surface area (Å²) in [7, 11) is 2.13. The fraction of sp³-hybridized carbons (Fsp3) is 0.538. The Balaban J connectivity index is 2.93. The highest BCUT2D eigenvalue weighted by Crippen LogP contribution is 2.26. The van der Waals surface area contributed by atoms with Crippen molar-refractivity contribution in [3.8, 4) is 0 Å². The summed E-state index contributed by atoms with van der Waals surface area (Å²) < 4.78 is 0. The van der Waals surface area contributed by atoms with Crippen LogP contribution in [0.25, 0.3) is 0 Å². The van der Waals surface area contributed by atoms with E-state index in [0.29, 0.717) is 6.04 Å². The van der Waals surface area contributed by atoms with Gasteiger partial charge in [-0.1, -0.05) is 13.0 Å². The van der Waals surface area contributed by atoms with Gasteiger partial charge in [0.1, 0.15) is 0 Å². The fourth-order valence-corrected chi connectivity index (χ4v) is 2.70. The van der Waals surface area contributed by atoms with Crippen LogP contribution < -0.4 is 10.6 Å². The zero-order chi connectivity index (χ0) is 12.1. The minimum absolute atomic E-state index is 0.555. The summed E-state index contributed by atoms with van der Waals surface area (Å²) in [6, 6.07) is 6.77. The van der Waals surface area contributed by atoms with Gasteiger partial charge in [0.25, 0.3) is 0 Å². The number of aryl methyl sites for hydroxylation is 1. The standard InChI is InChI=1S/C13H22N2S/c1-5-11(9-16-4)15(3)13-8-10(2)6-7-12(13)14/h6-8,11H,5,9,14H2,1-4H3. The van der Waals surface area contributed by atoms with Gasteiger partial charge in [0.05, 0.1) is 11.4 Å². The first-order valence-electron chi connectivity index (χ1n) is 5.68. The fourth-order valence-electron chi connectivity index (χ4n) is 1.85. The van der Waals surface area contributed by atoms with E-state index in [2.05, 4.69) is 44.2 Å². The number of anilines is 2. The van der Waals surface area contributed by atoms with Crippen molar-refractivity contribution >= 4 is 23.1 Å². The molecule has 0 aliphatic carbocycles. The Morgan fingerprint density at radius 2 is 2.12 bits per heavy atom. The van der Waals surface area contributed by atoms with Crippen LogP contribution in [0.1, 0.15) is 18.9 Å². The molecule has 1 atom stereocenters. The minimum atomic E-state index is 0.555. The molecule has 0 aromatic heterocycles. The van der Waals surface area contributed by atoms with Crippen LogP contribution in [-0.4, -0.2) is 25.1 Å². The SMILES string of the molecule is CCC(CSC)N(C)c1cc(C)ccc1N. The van der Waals surface area contributed by atoms with Gasteiger partial charge in [0.15, 0.2) is 0 Å². The molecule has 1 aromatic rings. The summed E-state index contributed by atoms with van der Waals surface area (Å²) in [5.74, 6) is 1.14. The maximum atomic E-state index is 6.03. The van der Waals surface area contributed by atoms with Gasteiger partial charge in [-0.15, -0.1) is 0 Å². The summed E-state index contributed by atoms with van der Waals surface area (Å²) in [4.78, 5) is 2.30. The molecule has 0 aliphatic heterocycles. The molecule has 0 radical (unpaired) electrons. The zero-order valence-corrected chi connectivity index (χ0v) is 11.5. The molecule has 0 amide bonds. The number of rotatable bonds is 5. The van der Waals surface area contributed by atoms with Crippen molar-refractivity contribution in [3.05, 3.63) is 23.8 Å². The molecular formula is C13H22N2S. The van der Waals surface area contributed by atoms with Gasteiger partial charge in [-0.25, -0.2) is 0 Å². The van der Waals surface area contributed by atoms with Crippen molar-refractivity contribution < 1.29 is 0 Å². The first-order chi connectivity index (χ1) is 7.60. The third kappa shape index (κ3) is 3.08. The number of hydrogen-bond acceptors (Lipinski definition) is 3. The maximum absolute atomic E-state index is 6.03. The molecule has 2 N–H and O–H groups in total. The molecule has 90 valence electrons. The lowest BCUT2D eigenvalue weighted by Gasteiger charge is -2.30. The number of nitrogens with two attached hydrogens (primary N) is 1. The number of hydrogen-bond donors (Lipinski definition) is 1. The van der Waals surface area contributed by atoms with Crippen LogP contribution in [0, 0.1) is 6.92 Å². The Hall–Kier alpha value is -0.830. The lowest BCUT2D eigenvalue weighted by molar-refractivity contribution is 0.674. The first kappa shape index (κ1) is 13.2. The Bertz CT molecular complexity index is 339. The number of nitrogen functional groups attached to an aromatic ring is 1. The molecular weight excluding hydrogens is 216 g/mol. The van der Waals surface area contributed by atoms with Crippen LogP contribution in [0.2, 0.25) is 0 Å². The number of nitrogens with zero attached hydrogens (tertiary/aromatic N) is 1. The molecule has 0 fully saturated rings. The van der Waals surface area contributed by atoms with Gasteiger partial charge >= 0.3 is 0 Å². The second kappa shape index (κ2) is 6.04. The van der Waals surface area contributed by atoms with E-state index in [-0.39, 0.29) is 0 Å². The summed E-state index contributed by atoms with van der Waals surface area (Å²) in [5.41, 5.74) is 9.31. The van der Waals surface area contributed by atoms with Gasteiger partial charge in [-0.05, 0) is 37.3 Å².